The minimum absolute atomic E-state index is 0.0674. The molecule has 4 aromatic rings. The van der Waals surface area contributed by atoms with E-state index in [0.717, 1.165) is 27.6 Å². The normalized spacial score (nSPS) is 11.0. The first-order chi connectivity index (χ1) is 11.6. The second-order valence-corrected chi connectivity index (χ2v) is 5.57. The van der Waals surface area contributed by atoms with Gasteiger partial charge in [-0.25, -0.2) is 9.78 Å². The predicted octanol–water partition coefficient (Wildman–Crippen LogP) is 4.52. The van der Waals surface area contributed by atoms with Crippen molar-refractivity contribution in [1.82, 2.24) is 9.97 Å². The molecular formula is C19H14N2O3. The van der Waals surface area contributed by atoms with Gasteiger partial charge in [0.15, 0.2) is 5.69 Å². The van der Waals surface area contributed by atoms with E-state index in [1.807, 2.05) is 48.5 Å². The van der Waals surface area contributed by atoms with Crippen LogP contribution in [0.2, 0.25) is 0 Å². The number of fused-ring (bicyclic) bond motifs is 3. The summed E-state index contributed by atoms with van der Waals surface area (Å²) in [5, 5.41) is 11.1. The number of carboxylic acids is 1. The molecule has 5 nitrogen and oxygen atoms in total. The van der Waals surface area contributed by atoms with Crippen molar-refractivity contribution in [2.24, 2.45) is 0 Å². The van der Waals surface area contributed by atoms with Crippen molar-refractivity contribution in [1.29, 1.82) is 0 Å². The highest BCUT2D eigenvalue weighted by atomic mass is 16.5. The van der Waals surface area contributed by atoms with Gasteiger partial charge in [0.25, 0.3) is 0 Å². The Bertz CT molecular complexity index is 1070. The molecule has 0 spiro atoms. The summed E-state index contributed by atoms with van der Waals surface area (Å²) >= 11 is 0. The number of H-pyrrole nitrogens is 1. The summed E-state index contributed by atoms with van der Waals surface area (Å²) in [7, 11) is 0. The van der Waals surface area contributed by atoms with Crippen molar-refractivity contribution in [3.63, 3.8) is 0 Å². The number of para-hydroxylation sites is 1. The molecule has 2 aromatic heterocycles. The first-order valence-corrected chi connectivity index (χ1v) is 7.51. The number of carboxylic acid groups (broad SMARTS) is 1. The Kier molecular flexibility index (Phi) is 3.20. The highest BCUT2D eigenvalue weighted by Crippen LogP contribution is 2.33. The number of aromatic carboxylic acids is 1. The van der Waals surface area contributed by atoms with Gasteiger partial charge in [-0.3, -0.25) is 0 Å². The SMILES string of the molecule is Cc1c(C(=O)O)ncc2[nH]c3ccc(Oc4ccccc4)cc3c12. The summed E-state index contributed by atoms with van der Waals surface area (Å²) in [5.41, 5.74) is 2.43. The third-order valence-corrected chi connectivity index (χ3v) is 4.03. The zero-order valence-electron chi connectivity index (χ0n) is 12.9. The molecule has 118 valence electrons. The number of pyridine rings is 1. The summed E-state index contributed by atoms with van der Waals surface area (Å²) in [5.74, 6) is 0.421. The Balaban J connectivity index is 1.90. The molecule has 24 heavy (non-hydrogen) atoms. The number of hydrogen-bond acceptors (Lipinski definition) is 3. The molecule has 0 unspecified atom stereocenters. The van der Waals surface area contributed by atoms with Crippen LogP contribution in [0.1, 0.15) is 16.1 Å². The lowest BCUT2D eigenvalue weighted by molar-refractivity contribution is 0.0690. The van der Waals surface area contributed by atoms with Gasteiger partial charge < -0.3 is 14.8 Å². The second-order valence-electron chi connectivity index (χ2n) is 5.57. The molecule has 0 amide bonds. The number of aromatic amines is 1. The Hall–Kier alpha value is -3.34. The third-order valence-electron chi connectivity index (χ3n) is 4.03. The number of nitrogens with one attached hydrogen (secondary N) is 1. The molecule has 0 bridgehead atoms. The average Bonchev–Trinajstić information content (AvgIpc) is 2.94. The van der Waals surface area contributed by atoms with E-state index in [2.05, 4.69) is 9.97 Å². The first kappa shape index (κ1) is 14.3. The molecule has 0 fully saturated rings. The lowest BCUT2D eigenvalue weighted by Gasteiger charge is -2.06. The van der Waals surface area contributed by atoms with Crippen LogP contribution in [0.3, 0.4) is 0 Å². The van der Waals surface area contributed by atoms with E-state index in [4.69, 9.17) is 4.74 Å². The number of aromatic nitrogens is 2. The Morgan fingerprint density at radius 1 is 1.08 bits per heavy atom. The van der Waals surface area contributed by atoms with Gasteiger partial charge in [-0.2, -0.15) is 0 Å². The van der Waals surface area contributed by atoms with Crippen LogP contribution in [-0.2, 0) is 0 Å². The van der Waals surface area contributed by atoms with Crippen molar-refractivity contribution in [2.45, 2.75) is 6.92 Å². The number of aryl methyl sites for hydroxylation is 1. The predicted molar refractivity (Wildman–Crippen MR) is 91.8 cm³/mol. The molecule has 4 rings (SSSR count). The number of benzene rings is 2. The summed E-state index contributed by atoms with van der Waals surface area (Å²) < 4.78 is 5.88. The summed E-state index contributed by atoms with van der Waals surface area (Å²) in [6, 6.07) is 15.2. The van der Waals surface area contributed by atoms with Gasteiger partial charge >= 0.3 is 5.97 Å². The molecular weight excluding hydrogens is 304 g/mol. The molecule has 0 saturated heterocycles. The average molecular weight is 318 g/mol. The maximum Gasteiger partial charge on any atom is 0.354 e. The third kappa shape index (κ3) is 2.27. The highest BCUT2D eigenvalue weighted by Gasteiger charge is 2.15. The molecule has 0 radical (unpaired) electrons. The van der Waals surface area contributed by atoms with E-state index >= 15 is 0 Å². The van der Waals surface area contributed by atoms with Gasteiger partial charge in [0.1, 0.15) is 11.5 Å². The number of carbonyl (C=O) groups is 1. The van der Waals surface area contributed by atoms with Crippen LogP contribution in [0.4, 0.5) is 0 Å². The standard InChI is InChI=1S/C19H14N2O3/c1-11-17-14-9-13(24-12-5-3-2-4-6-12)7-8-15(14)21-16(17)10-20-18(11)19(22)23/h2-10,21H,1H3,(H,22,23). The quantitative estimate of drug-likeness (QED) is 0.582. The fourth-order valence-corrected chi connectivity index (χ4v) is 2.94. The topological polar surface area (TPSA) is 75.2 Å². The largest absolute Gasteiger partial charge is 0.477 e. The van der Waals surface area contributed by atoms with E-state index in [0.29, 0.717) is 11.3 Å². The molecule has 0 atom stereocenters. The fraction of sp³-hybridized carbons (Fsp3) is 0.0526. The van der Waals surface area contributed by atoms with E-state index in [9.17, 15) is 9.90 Å². The summed E-state index contributed by atoms with van der Waals surface area (Å²) in [6.07, 6.45) is 1.56. The summed E-state index contributed by atoms with van der Waals surface area (Å²) in [4.78, 5) is 18.6. The van der Waals surface area contributed by atoms with Gasteiger partial charge in [0.05, 0.1) is 11.7 Å². The summed E-state index contributed by atoms with van der Waals surface area (Å²) in [6.45, 7) is 1.77. The first-order valence-electron chi connectivity index (χ1n) is 7.51. The Morgan fingerprint density at radius 2 is 1.88 bits per heavy atom. The minimum atomic E-state index is -1.03. The van der Waals surface area contributed by atoms with Crippen molar-refractivity contribution in [2.75, 3.05) is 0 Å². The van der Waals surface area contributed by atoms with E-state index in [-0.39, 0.29) is 5.69 Å². The molecule has 0 saturated carbocycles. The Labute approximate surface area is 137 Å². The monoisotopic (exact) mass is 318 g/mol. The number of nitrogens with zero attached hydrogens (tertiary/aromatic N) is 1. The highest BCUT2D eigenvalue weighted by molar-refractivity contribution is 6.11. The smallest absolute Gasteiger partial charge is 0.354 e. The maximum absolute atomic E-state index is 11.3. The van der Waals surface area contributed by atoms with E-state index in [1.165, 1.54) is 0 Å². The van der Waals surface area contributed by atoms with Crippen molar-refractivity contribution in [3.05, 3.63) is 66.0 Å². The number of hydrogen-bond donors (Lipinski definition) is 2. The molecule has 5 heteroatoms. The van der Waals surface area contributed by atoms with Crippen LogP contribution >= 0.6 is 0 Å². The van der Waals surface area contributed by atoms with Crippen molar-refractivity contribution in [3.8, 4) is 11.5 Å². The number of rotatable bonds is 3. The van der Waals surface area contributed by atoms with Crippen LogP contribution in [0.5, 0.6) is 11.5 Å². The Morgan fingerprint density at radius 3 is 2.62 bits per heavy atom. The van der Waals surface area contributed by atoms with E-state index < -0.39 is 5.97 Å². The maximum atomic E-state index is 11.3. The van der Waals surface area contributed by atoms with Crippen molar-refractivity contribution >= 4 is 27.8 Å². The van der Waals surface area contributed by atoms with Crippen LogP contribution in [0, 0.1) is 6.92 Å². The van der Waals surface area contributed by atoms with Crippen LogP contribution in [0.25, 0.3) is 21.8 Å². The van der Waals surface area contributed by atoms with Gasteiger partial charge in [-0.15, -0.1) is 0 Å². The molecule has 0 aliphatic heterocycles. The van der Waals surface area contributed by atoms with Gasteiger partial charge in [0, 0.05) is 16.3 Å². The van der Waals surface area contributed by atoms with Gasteiger partial charge in [-0.1, -0.05) is 18.2 Å². The molecule has 0 aliphatic carbocycles. The second kappa shape index (κ2) is 5.38. The lowest BCUT2D eigenvalue weighted by Crippen LogP contribution is -2.03. The van der Waals surface area contributed by atoms with E-state index in [1.54, 1.807) is 13.1 Å². The zero-order valence-corrected chi connectivity index (χ0v) is 12.9. The van der Waals surface area contributed by atoms with Crippen molar-refractivity contribution < 1.29 is 14.6 Å². The molecule has 2 N–H and O–H groups in total. The van der Waals surface area contributed by atoms with Gasteiger partial charge in [0.2, 0.25) is 0 Å². The molecule has 2 aromatic carbocycles. The van der Waals surface area contributed by atoms with Gasteiger partial charge in [-0.05, 0) is 42.8 Å². The lowest BCUT2D eigenvalue weighted by atomic mass is 10.1. The zero-order chi connectivity index (χ0) is 16.7. The fourth-order valence-electron chi connectivity index (χ4n) is 2.94. The van der Waals surface area contributed by atoms with Crippen LogP contribution < -0.4 is 4.74 Å². The van der Waals surface area contributed by atoms with Crippen LogP contribution in [0.15, 0.2) is 54.7 Å². The molecule has 0 aliphatic rings. The van der Waals surface area contributed by atoms with Crippen LogP contribution in [-0.4, -0.2) is 21.0 Å². The minimum Gasteiger partial charge on any atom is -0.477 e. The molecule has 2 heterocycles. The number of ether oxygens (including phenoxy) is 1.